The van der Waals surface area contributed by atoms with Crippen LogP contribution in [-0.2, 0) is 10.1 Å². The minimum absolute atomic E-state index is 0.160. The molecule has 0 aliphatic carbocycles. The highest BCUT2D eigenvalue weighted by Gasteiger charge is 2.15. The second-order valence-corrected chi connectivity index (χ2v) is 8.01. The van der Waals surface area contributed by atoms with Crippen molar-refractivity contribution in [1.82, 2.24) is 4.98 Å². The van der Waals surface area contributed by atoms with Crippen molar-refractivity contribution < 1.29 is 13.0 Å². The summed E-state index contributed by atoms with van der Waals surface area (Å²) in [6.45, 7) is 0. The van der Waals surface area contributed by atoms with Crippen molar-refractivity contribution in [3.8, 4) is 0 Å². The van der Waals surface area contributed by atoms with E-state index in [4.69, 9.17) is 17.2 Å². The fourth-order valence-electron chi connectivity index (χ4n) is 2.37. The lowest BCUT2D eigenvalue weighted by atomic mass is 10.2. The Morgan fingerprint density at radius 3 is 2.54 bits per heavy atom. The maximum atomic E-state index is 11.8. The Labute approximate surface area is 164 Å². The summed E-state index contributed by atoms with van der Waals surface area (Å²) in [6.07, 6.45) is 3.22. The number of nitrogens with zero attached hydrogens (tertiary/aromatic N) is 3. The molecule has 0 spiro atoms. The molecule has 0 radical (unpaired) electrons. The van der Waals surface area contributed by atoms with Crippen LogP contribution < -0.4 is 17.2 Å². The minimum Gasteiger partial charge on any atom is -0.370 e. The van der Waals surface area contributed by atoms with Crippen LogP contribution in [0.2, 0.25) is 0 Å². The molecule has 0 aliphatic heterocycles. The molecule has 0 bridgehead atoms. The van der Waals surface area contributed by atoms with Gasteiger partial charge in [-0.2, -0.15) is 13.4 Å². The van der Waals surface area contributed by atoms with Crippen molar-refractivity contribution in [1.29, 1.82) is 0 Å². The number of aromatic nitrogens is 1. The highest BCUT2D eigenvalue weighted by molar-refractivity contribution is 7.86. The Balaban J connectivity index is 1.99. The van der Waals surface area contributed by atoms with Gasteiger partial charge in [0.2, 0.25) is 5.96 Å². The lowest BCUT2D eigenvalue weighted by molar-refractivity contribution is 0.483. The van der Waals surface area contributed by atoms with Gasteiger partial charge in [-0.3, -0.25) is 4.55 Å². The van der Waals surface area contributed by atoms with Crippen molar-refractivity contribution in [2.45, 2.75) is 4.90 Å². The first-order valence-corrected chi connectivity index (χ1v) is 10.1. The van der Waals surface area contributed by atoms with Crippen LogP contribution in [0.4, 0.5) is 5.69 Å². The minimum atomic E-state index is -4.51. The van der Waals surface area contributed by atoms with Gasteiger partial charge in [-0.1, -0.05) is 24.3 Å². The van der Waals surface area contributed by atoms with Gasteiger partial charge in [0.25, 0.3) is 10.1 Å². The molecule has 0 unspecified atom stereocenters. The SMILES string of the molecule is NC(N)=NC(N)=Nc1ccc(C=Cc2nc3ccccc3s2)c(S(=O)(=O)O)c1. The number of guanidine groups is 2. The standard InChI is InChI=1S/C17H16N6O3S2/c18-16(19)23-17(20)21-11-7-5-10(14(9-11)28(24,25)26)6-8-15-22-12-3-1-2-4-13(12)27-15/h1-9H,(H,24,25,26)(H6,18,19,20,21,23). The van der Waals surface area contributed by atoms with Gasteiger partial charge < -0.3 is 17.2 Å². The predicted octanol–water partition coefficient (Wildman–Crippen LogP) is 1.93. The molecule has 28 heavy (non-hydrogen) atoms. The largest absolute Gasteiger partial charge is 0.370 e. The quantitative estimate of drug-likeness (QED) is 0.286. The molecule has 0 fully saturated rings. The molecule has 11 heteroatoms. The Kier molecular flexibility index (Phi) is 5.40. The van der Waals surface area contributed by atoms with E-state index in [0.29, 0.717) is 5.01 Å². The lowest BCUT2D eigenvalue weighted by Crippen LogP contribution is -2.26. The van der Waals surface area contributed by atoms with E-state index in [1.807, 2.05) is 24.3 Å². The first kappa shape index (κ1) is 19.5. The summed E-state index contributed by atoms with van der Waals surface area (Å²) >= 11 is 1.46. The smallest absolute Gasteiger partial charge is 0.295 e. The van der Waals surface area contributed by atoms with E-state index in [2.05, 4.69) is 15.0 Å². The molecule has 0 saturated heterocycles. The fourth-order valence-corrected chi connectivity index (χ4v) is 3.94. The first-order chi connectivity index (χ1) is 13.2. The van der Waals surface area contributed by atoms with Gasteiger partial charge in [-0.05, 0) is 35.9 Å². The van der Waals surface area contributed by atoms with Gasteiger partial charge in [-0.25, -0.2) is 9.98 Å². The number of para-hydroxylation sites is 1. The van der Waals surface area contributed by atoms with Crippen LogP contribution in [0, 0.1) is 0 Å². The Hall–Kier alpha value is -3.28. The fraction of sp³-hybridized carbons (Fsp3) is 0. The third-order valence-electron chi connectivity index (χ3n) is 3.48. The topological polar surface area (TPSA) is 170 Å². The molecule has 0 atom stereocenters. The summed E-state index contributed by atoms with van der Waals surface area (Å²) in [4.78, 5) is 11.6. The Bertz CT molecular complexity index is 1190. The van der Waals surface area contributed by atoms with Crippen molar-refractivity contribution in [2.75, 3.05) is 0 Å². The van der Waals surface area contributed by atoms with Gasteiger partial charge in [0, 0.05) is 0 Å². The number of nitrogens with two attached hydrogens (primary N) is 3. The second-order valence-electron chi connectivity index (χ2n) is 5.56. The molecule has 0 amide bonds. The van der Waals surface area contributed by atoms with Crippen LogP contribution in [0.1, 0.15) is 10.6 Å². The average Bonchev–Trinajstić information content (AvgIpc) is 3.02. The Morgan fingerprint density at radius 1 is 1.11 bits per heavy atom. The normalized spacial score (nSPS) is 12.5. The molecule has 144 valence electrons. The van der Waals surface area contributed by atoms with Crippen LogP contribution >= 0.6 is 11.3 Å². The summed E-state index contributed by atoms with van der Waals surface area (Å²) in [5.74, 6) is -0.536. The van der Waals surface area contributed by atoms with Gasteiger partial charge in [0.1, 0.15) is 9.90 Å². The number of thiazole rings is 1. The number of benzene rings is 2. The van der Waals surface area contributed by atoms with E-state index < -0.39 is 10.1 Å². The molecule has 0 aliphatic rings. The zero-order valence-corrected chi connectivity index (χ0v) is 16.0. The van der Waals surface area contributed by atoms with Crippen LogP contribution in [0.3, 0.4) is 0 Å². The van der Waals surface area contributed by atoms with E-state index in [1.165, 1.54) is 29.5 Å². The predicted molar refractivity (Wildman–Crippen MR) is 112 cm³/mol. The number of rotatable bonds is 4. The monoisotopic (exact) mass is 416 g/mol. The van der Waals surface area contributed by atoms with Gasteiger partial charge in [0.15, 0.2) is 5.96 Å². The maximum Gasteiger partial charge on any atom is 0.295 e. The summed E-state index contributed by atoms with van der Waals surface area (Å²) in [5.41, 5.74) is 17.2. The van der Waals surface area contributed by atoms with E-state index in [0.717, 1.165) is 10.2 Å². The lowest BCUT2D eigenvalue weighted by Gasteiger charge is -2.04. The average molecular weight is 416 g/mol. The summed E-state index contributed by atoms with van der Waals surface area (Å²) in [5, 5.41) is 0.696. The van der Waals surface area contributed by atoms with Gasteiger partial charge >= 0.3 is 0 Å². The molecule has 7 N–H and O–H groups in total. The van der Waals surface area contributed by atoms with E-state index in [1.54, 1.807) is 12.2 Å². The first-order valence-electron chi connectivity index (χ1n) is 7.81. The van der Waals surface area contributed by atoms with E-state index >= 15 is 0 Å². The van der Waals surface area contributed by atoms with E-state index in [-0.39, 0.29) is 28.1 Å². The Morgan fingerprint density at radius 2 is 1.86 bits per heavy atom. The third-order valence-corrected chi connectivity index (χ3v) is 5.39. The van der Waals surface area contributed by atoms with Crippen molar-refractivity contribution in [3.05, 3.63) is 53.0 Å². The molecular weight excluding hydrogens is 400 g/mol. The van der Waals surface area contributed by atoms with Gasteiger partial charge in [0.05, 0.1) is 15.9 Å². The van der Waals surface area contributed by atoms with Crippen molar-refractivity contribution >= 4 is 61.4 Å². The molecule has 2 aromatic carbocycles. The number of hydrogen-bond donors (Lipinski definition) is 4. The molecule has 9 nitrogen and oxygen atoms in total. The van der Waals surface area contributed by atoms with Crippen LogP contribution in [0.15, 0.2) is 57.3 Å². The van der Waals surface area contributed by atoms with Gasteiger partial charge in [-0.15, -0.1) is 11.3 Å². The molecule has 1 heterocycles. The van der Waals surface area contributed by atoms with Crippen LogP contribution in [-0.4, -0.2) is 29.9 Å². The summed E-state index contributed by atoms with van der Waals surface area (Å²) < 4.78 is 34.1. The maximum absolute atomic E-state index is 11.8. The summed E-state index contributed by atoms with van der Waals surface area (Å²) in [6, 6.07) is 11.8. The second kappa shape index (κ2) is 7.76. The van der Waals surface area contributed by atoms with Crippen LogP contribution in [0.5, 0.6) is 0 Å². The zero-order valence-electron chi connectivity index (χ0n) is 14.4. The number of hydrogen-bond acceptors (Lipinski definition) is 5. The number of aliphatic imine (C=N–C) groups is 2. The zero-order chi connectivity index (χ0) is 20.3. The highest BCUT2D eigenvalue weighted by atomic mass is 32.2. The molecule has 0 saturated carbocycles. The van der Waals surface area contributed by atoms with E-state index in [9.17, 15) is 13.0 Å². The molecule has 1 aromatic heterocycles. The summed E-state index contributed by atoms with van der Waals surface area (Å²) in [7, 11) is -4.51. The molecular formula is C17H16N6O3S2. The molecule has 3 rings (SSSR count). The third kappa shape index (κ3) is 4.71. The van der Waals surface area contributed by atoms with Crippen molar-refractivity contribution in [2.24, 2.45) is 27.2 Å². The highest BCUT2D eigenvalue weighted by Crippen LogP contribution is 2.26. The molecule has 3 aromatic rings. The number of fused-ring (bicyclic) bond motifs is 1. The van der Waals surface area contributed by atoms with Crippen LogP contribution in [0.25, 0.3) is 22.4 Å². The van der Waals surface area contributed by atoms with Crippen molar-refractivity contribution in [3.63, 3.8) is 0 Å².